The molecule has 2 atom stereocenters. The van der Waals surface area contributed by atoms with Gasteiger partial charge in [0.2, 0.25) is 5.91 Å². The number of amides is 1. The van der Waals surface area contributed by atoms with Crippen molar-refractivity contribution in [2.45, 2.75) is 31.7 Å². The van der Waals surface area contributed by atoms with E-state index in [0.717, 1.165) is 38.8 Å². The summed E-state index contributed by atoms with van der Waals surface area (Å²) in [4.78, 5) is 14.4. The molecule has 1 fully saturated rings. The van der Waals surface area contributed by atoms with Crippen molar-refractivity contribution in [3.8, 4) is 0 Å². The van der Waals surface area contributed by atoms with Gasteiger partial charge < -0.3 is 10.6 Å². The Labute approximate surface area is 120 Å². The van der Waals surface area contributed by atoms with E-state index in [9.17, 15) is 4.79 Å². The summed E-state index contributed by atoms with van der Waals surface area (Å²) in [6.45, 7) is 1.58. The van der Waals surface area contributed by atoms with Crippen LogP contribution in [0.25, 0.3) is 5.57 Å². The summed E-state index contributed by atoms with van der Waals surface area (Å²) in [6, 6.07) is 10.7. The first-order chi connectivity index (χ1) is 9.74. The molecule has 1 aliphatic carbocycles. The van der Waals surface area contributed by atoms with Crippen LogP contribution >= 0.6 is 0 Å². The monoisotopic (exact) mass is 270 g/mol. The van der Waals surface area contributed by atoms with Gasteiger partial charge >= 0.3 is 0 Å². The molecule has 0 unspecified atom stereocenters. The van der Waals surface area contributed by atoms with Crippen molar-refractivity contribution in [1.82, 2.24) is 4.90 Å². The second-order valence-electron chi connectivity index (χ2n) is 5.90. The summed E-state index contributed by atoms with van der Waals surface area (Å²) in [5, 5.41) is 0. The van der Waals surface area contributed by atoms with E-state index in [1.807, 2.05) is 11.0 Å². The predicted octanol–water partition coefficient (Wildman–Crippen LogP) is 2.43. The quantitative estimate of drug-likeness (QED) is 0.897. The van der Waals surface area contributed by atoms with Crippen LogP contribution in [-0.2, 0) is 4.79 Å². The maximum atomic E-state index is 12.4. The van der Waals surface area contributed by atoms with Crippen molar-refractivity contribution in [1.29, 1.82) is 0 Å². The van der Waals surface area contributed by atoms with Crippen LogP contribution in [0, 0.1) is 5.92 Å². The third-order valence-corrected chi connectivity index (χ3v) is 4.49. The minimum atomic E-state index is 0.164. The lowest BCUT2D eigenvalue weighted by molar-refractivity contribution is -0.134. The molecule has 3 nitrogen and oxygen atoms in total. The first-order valence-corrected chi connectivity index (χ1v) is 7.53. The zero-order valence-electron chi connectivity index (χ0n) is 11.8. The molecule has 20 heavy (non-hydrogen) atoms. The molecule has 2 aliphatic rings. The highest BCUT2D eigenvalue weighted by Gasteiger charge is 2.31. The van der Waals surface area contributed by atoms with E-state index in [-0.39, 0.29) is 12.0 Å². The fraction of sp³-hybridized carbons (Fsp3) is 0.471. The lowest BCUT2D eigenvalue weighted by Gasteiger charge is -2.29. The van der Waals surface area contributed by atoms with Gasteiger partial charge in [0.15, 0.2) is 0 Å². The average Bonchev–Trinajstić information content (AvgIpc) is 2.94. The van der Waals surface area contributed by atoms with Crippen molar-refractivity contribution >= 4 is 11.5 Å². The summed E-state index contributed by atoms with van der Waals surface area (Å²) in [7, 11) is 0. The van der Waals surface area contributed by atoms with Gasteiger partial charge in [-0.05, 0) is 36.8 Å². The van der Waals surface area contributed by atoms with Gasteiger partial charge in [0.1, 0.15) is 0 Å². The Bertz CT molecular complexity index is 509. The van der Waals surface area contributed by atoms with Gasteiger partial charge in [-0.25, -0.2) is 0 Å². The van der Waals surface area contributed by atoms with Crippen molar-refractivity contribution in [3.63, 3.8) is 0 Å². The van der Waals surface area contributed by atoms with Gasteiger partial charge in [-0.3, -0.25) is 4.79 Å². The molecule has 2 N–H and O–H groups in total. The molecule has 1 aromatic carbocycles. The molecule has 1 aromatic rings. The second-order valence-corrected chi connectivity index (χ2v) is 5.90. The molecule has 0 bridgehead atoms. The summed E-state index contributed by atoms with van der Waals surface area (Å²) in [5.41, 5.74) is 8.55. The van der Waals surface area contributed by atoms with Gasteiger partial charge in [0.25, 0.3) is 0 Å². The Balaban J connectivity index is 1.63. The lowest BCUT2D eigenvalue weighted by atomic mass is 9.98. The van der Waals surface area contributed by atoms with E-state index in [0.29, 0.717) is 5.91 Å². The molecule has 1 aliphatic heterocycles. The fourth-order valence-electron chi connectivity index (χ4n) is 3.28. The first kappa shape index (κ1) is 13.4. The molecular formula is C17H22N2O. The molecule has 3 heteroatoms. The molecule has 1 heterocycles. The number of rotatable bonds is 2. The minimum Gasteiger partial charge on any atom is -0.338 e. The molecule has 1 saturated carbocycles. The average molecular weight is 270 g/mol. The summed E-state index contributed by atoms with van der Waals surface area (Å²) >= 11 is 0. The molecule has 1 amide bonds. The van der Waals surface area contributed by atoms with Crippen LogP contribution in [0.3, 0.4) is 0 Å². The second kappa shape index (κ2) is 5.80. The van der Waals surface area contributed by atoms with Gasteiger partial charge in [-0.1, -0.05) is 36.4 Å². The first-order valence-electron chi connectivity index (χ1n) is 7.53. The van der Waals surface area contributed by atoms with Crippen LogP contribution in [0.2, 0.25) is 0 Å². The van der Waals surface area contributed by atoms with Crippen molar-refractivity contribution in [2.75, 3.05) is 13.1 Å². The van der Waals surface area contributed by atoms with Crippen molar-refractivity contribution in [3.05, 3.63) is 42.0 Å². The normalized spacial score (nSPS) is 26.4. The van der Waals surface area contributed by atoms with E-state index in [1.54, 1.807) is 0 Å². The van der Waals surface area contributed by atoms with Crippen LogP contribution in [0.4, 0.5) is 0 Å². The molecule has 106 valence electrons. The molecular weight excluding hydrogens is 248 g/mol. The maximum Gasteiger partial charge on any atom is 0.226 e. The number of carbonyl (C=O) groups is 1. The Kier molecular flexibility index (Phi) is 3.88. The Hall–Kier alpha value is -1.61. The van der Waals surface area contributed by atoms with Crippen LogP contribution in [0.5, 0.6) is 0 Å². The third-order valence-electron chi connectivity index (χ3n) is 4.49. The molecule has 0 saturated heterocycles. The smallest absolute Gasteiger partial charge is 0.226 e. The Morgan fingerprint density at radius 3 is 2.60 bits per heavy atom. The van der Waals surface area contributed by atoms with E-state index < -0.39 is 0 Å². The van der Waals surface area contributed by atoms with E-state index >= 15 is 0 Å². The SMILES string of the molecule is N[C@@H]1CC[C@H](C(=O)N2CC=C(c3ccccc3)CC2)C1. The minimum absolute atomic E-state index is 0.164. The Morgan fingerprint density at radius 1 is 1.20 bits per heavy atom. The van der Waals surface area contributed by atoms with E-state index in [2.05, 4.69) is 30.3 Å². The predicted molar refractivity (Wildman–Crippen MR) is 80.9 cm³/mol. The third kappa shape index (κ3) is 2.78. The molecule has 0 spiro atoms. The number of nitrogens with zero attached hydrogens (tertiary/aromatic N) is 1. The van der Waals surface area contributed by atoms with Gasteiger partial charge in [-0.2, -0.15) is 0 Å². The van der Waals surface area contributed by atoms with Gasteiger partial charge in [0.05, 0.1) is 0 Å². The van der Waals surface area contributed by atoms with Crippen LogP contribution in [0.1, 0.15) is 31.2 Å². The maximum absolute atomic E-state index is 12.4. The summed E-state index contributed by atoms with van der Waals surface area (Å²) in [6.07, 6.45) is 5.98. The van der Waals surface area contributed by atoms with Crippen LogP contribution in [-0.4, -0.2) is 29.9 Å². The van der Waals surface area contributed by atoms with Gasteiger partial charge in [-0.15, -0.1) is 0 Å². The standard InChI is InChI=1S/C17H22N2O/c18-16-7-6-15(12-16)17(20)19-10-8-14(9-11-19)13-4-2-1-3-5-13/h1-5,8,15-16H,6-7,9-12,18H2/t15-,16+/m0/s1. The zero-order chi connectivity index (χ0) is 13.9. The fourth-order valence-corrected chi connectivity index (χ4v) is 3.28. The summed E-state index contributed by atoms with van der Waals surface area (Å²) < 4.78 is 0. The van der Waals surface area contributed by atoms with Crippen LogP contribution in [0.15, 0.2) is 36.4 Å². The van der Waals surface area contributed by atoms with Crippen molar-refractivity contribution < 1.29 is 4.79 Å². The van der Waals surface area contributed by atoms with E-state index in [1.165, 1.54) is 11.1 Å². The number of carbonyl (C=O) groups excluding carboxylic acids is 1. The highest BCUT2D eigenvalue weighted by molar-refractivity contribution is 5.80. The molecule has 0 aromatic heterocycles. The highest BCUT2D eigenvalue weighted by atomic mass is 16.2. The molecule has 3 rings (SSSR count). The highest BCUT2D eigenvalue weighted by Crippen LogP contribution is 2.28. The van der Waals surface area contributed by atoms with E-state index in [4.69, 9.17) is 5.73 Å². The Morgan fingerprint density at radius 2 is 2.00 bits per heavy atom. The number of hydrogen-bond donors (Lipinski definition) is 1. The van der Waals surface area contributed by atoms with Crippen LogP contribution < -0.4 is 5.73 Å². The number of nitrogens with two attached hydrogens (primary N) is 1. The zero-order valence-corrected chi connectivity index (χ0v) is 11.8. The topological polar surface area (TPSA) is 46.3 Å². The largest absolute Gasteiger partial charge is 0.338 e. The van der Waals surface area contributed by atoms with Crippen molar-refractivity contribution in [2.24, 2.45) is 11.7 Å². The lowest BCUT2D eigenvalue weighted by Crippen LogP contribution is -2.38. The summed E-state index contributed by atoms with van der Waals surface area (Å²) in [5.74, 6) is 0.470. The number of benzene rings is 1. The van der Waals surface area contributed by atoms with Gasteiger partial charge in [0, 0.05) is 25.0 Å². The molecule has 0 radical (unpaired) electrons. The number of hydrogen-bond acceptors (Lipinski definition) is 2.